The maximum Gasteiger partial charge on any atom is 0.270 e. The zero-order chi connectivity index (χ0) is 25.4. The van der Waals surface area contributed by atoms with E-state index in [-0.39, 0.29) is 41.5 Å². The third-order valence-electron chi connectivity index (χ3n) is 6.14. The maximum atomic E-state index is 14.4. The molecule has 11 heteroatoms. The lowest BCUT2D eigenvalue weighted by atomic mass is 9.85. The second-order valence-corrected chi connectivity index (χ2v) is 9.91. The monoisotopic (exact) mass is 505 g/mol. The maximum absolute atomic E-state index is 14.4. The number of hydrogen-bond donors (Lipinski definition) is 2. The van der Waals surface area contributed by atoms with Gasteiger partial charge in [0.25, 0.3) is 5.91 Å². The number of aromatic nitrogens is 5. The number of carbonyl (C=O) groups excluding carboxylic acids is 2. The quantitative estimate of drug-likeness (QED) is 0.370. The summed E-state index contributed by atoms with van der Waals surface area (Å²) in [7, 11) is 0. The number of carbonyl (C=O) groups is 2. The summed E-state index contributed by atoms with van der Waals surface area (Å²) in [5.41, 5.74) is 0.959. The van der Waals surface area contributed by atoms with Gasteiger partial charge in [-0.25, -0.2) is 24.0 Å². The van der Waals surface area contributed by atoms with Gasteiger partial charge in [0.1, 0.15) is 23.0 Å². The number of benzene rings is 1. The van der Waals surface area contributed by atoms with Crippen molar-refractivity contribution in [2.45, 2.75) is 25.8 Å². The van der Waals surface area contributed by atoms with Crippen molar-refractivity contribution in [2.75, 3.05) is 23.9 Å². The molecule has 184 valence electrons. The van der Waals surface area contributed by atoms with Crippen molar-refractivity contribution in [2.24, 2.45) is 0 Å². The highest BCUT2D eigenvalue weighted by Crippen LogP contribution is 2.39. The largest absolute Gasteiger partial charge is 0.350 e. The van der Waals surface area contributed by atoms with Gasteiger partial charge in [-0.2, -0.15) is 16.9 Å². The van der Waals surface area contributed by atoms with Crippen molar-refractivity contribution in [3.63, 3.8) is 0 Å². The number of nitrogens with zero attached hydrogens (tertiary/aromatic N) is 5. The lowest BCUT2D eigenvalue weighted by Gasteiger charge is -2.18. The van der Waals surface area contributed by atoms with Crippen LogP contribution in [0.5, 0.6) is 0 Å². The van der Waals surface area contributed by atoms with Crippen molar-refractivity contribution >= 4 is 40.4 Å². The second kappa shape index (κ2) is 9.30. The van der Waals surface area contributed by atoms with E-state index in [0.717, 1.165) is 5.75 Å². The molecule has 1 aliphatic heterocycles. The Morgan fingerprint density at radius 2 is 2.00 bits per heavy atom. The summed E-state index contributed by atoms with van der Waals surface area (Å²) in [5, 5.41) is 11.0. The molecule has 0 radical (unpaired) electrons. The Labute approximate surface area is 210 Å². The molecule has 0 aliphatic carbocycles. The van der Waals surface area contributed by atoms with E-state index in [1.54, 1.807) is 60.8 Å². The normalized spacial score (nSPS) is 14.1. The fourth-order valence-corrected chi connectivity index (χ4v) is 4.52. The van der Waals surface area contributed by atoms with E-state index in [9.17, 15) is 14.0 Å². The summed E-state index contributed by atoms with van der Waals surface area (Å²) in [6.07, 6.45) is 3.58. The predicted octanol–water partition coefficient (Wildman–Crippen LogP) is 3.40. The number of thioether (sulfide) groups is 1. The van der Waals surface area contributed by atoms with Gasteiger partial charge in [0, 0.05) is 29.6 Å². The van der Waals surface area contributed by atoms with Crippen LogP contribution in [0.4, 0.5) is 10.2 Å². The molecular weight excluding hydrogens is 481 g/mol. The molecule has 1 aliphatic rings. The Morgan fingerprint density at radius 3 is 2.78 bits per heavy atom. The Hall–Kier alpha value is -3.86. The minimum atomic E-state index is -0.978. The molecule has 2 amide bonds. The molecule has 0 spiro atoms. The van der Waals surface area contributed by atoms with Crippen LogP contribution >= 0.6 is 11.8 Å². The molecule has 0 saturated heterocycles. The third kappa shape index (κ3) is 4.09. The Kier molecular flexibility index (Phi) is 6.17. The Balaban J connectivity index is 1.65. The summed E-state index contributed by atoms with van der Waals surface area (Å²) in [6, 6.07) is 10.0. The third-order valence-corrected chi connectivity index (χ3v) is 6.75. The van der Waals surface area contributed by atoms with Crippen LogP contribution in [0.1, 0.15) is 35.5 Å². The number of hydrogen-bond acceptors (Lipinski definition) is 7. The van der Waals surface area contributed by atoms with E-state index in [2.05, 4.69) is 30.7 Å². The molecule has 4 aromatic rings. The Bertz CT molecular complexity index is 1500. The van der Waals surface area contributed by atoms with E-state index in [1.165, 1.54) is 6.07 Å². The molecule has 0 atom stereocenters. The number of rotatable bonds is 7. The molecule has 3 aromatic heterocycles. The van der Waals surface area contributed by atoms with Gasteiger partial charge >= 0.3 is 0 Å². The van der Waals surface area contributed by atoms with Gasteiger partial charge < -0.3 is 10.6 Å². The van der Waals surface area contributed by atoms with Gasteiger partial charge in [-0.05, 0) is 38.3 Å². The predicted molar refractivity (Wildman–Crippen MR) is 136 cm³/mol. The number of amides is 2. The molecule has 4 heterocycles. The van der Waals surface area contributed by atoms with E-state index >= 15 is 0 Å². The first-order valence-corrected chi connectivity index (χ1v) is 12.8. The molecule has 0 saturated carbocycles. The zero-order valence-corrected chi connectivity index (χ0v) is 20.8. The van der Waals surface area contributed by atoms with Gasteiger partial charge in [0.05, 0.1) is 17.3 Å². The number of nitrogens with one attached hydrogen (secondary N) is 2. The van der Waals surface area contributed by atoms with Crippen molar-refractivity contribution in [1.82, 2.24) is 30.0 Å². The highest BCUT2D eigenvalue weighted by atomic mass is 32.2. The second-order valence-electron chi connectivity index (χ2n) is 8.92. The molecule has 36 heavy (non-hydrogen) atoms. The van der Waals surface area contributed by atoms with E-state index in [1.807, 2.05) is 12.3 Å². The molecular formula is C25H24FN7O2S. The molecule has 0 fully saturated rings. The van der Waals surface area contributed by atoms with Crippen molar-refractivity contribution in [3.05, 3.63) is 65.2 Å². The summed E-state index contributed by atoms with van der Waals surface area (Å²) in [4.78, 5) is 39.5. The first-order chi connectivity index (χ1) is 17.3. The SMILES string of the molecule is CSCCNC(=O)c1nc(-c2nn(Cc3ccccc3F)c3ncccc23)nc2c1C(C)(C)C(=O)N2. The van der Waals surface area contributed by atoms with E-state index in [4.69, 9.17) is 0 Å². The molecule has 1 aromatic carbocycles. The summed E-state index contributed by atoms with van der Waals surface area (Å²) in [6.45, 7) is 4.08. The summed E-state index contributed by atoms with van der Waals surface area (Å²) < 4.78 is 15.9. The van der Waals surface area contributed by atoms with Crippen LogP contribution in [-0.4, -0.2) is 55.1 Å². The minimum Gasteiger partial charge on any atom is -0.350 e. The highest BCUT2D eigenvalue weighted by Gasteiger charge is 2.44. The lowest BCUT2D eigenvalue weighted by molar-refractivity contribution is -0.119. The van der Waals surface area contributed by atoms with Crippen LogP contribution in [0.3, 0.4) is 0 Å². The first kappa shape index (κ1) is 23.9. The smallest absolute Gasteiger partial charge is 0.270 e. The molecule has 2 N–H and O–H groups in total. The number of halogens is 1. The average molecular weight is 506 g/mol. The van der Waals surface area contributed by atoms with Gasteiger partial charge in [0.2, 0.25) is 5.91 Å². The van der Waals surface area contributed by atoms with Crippen molar-refractivity contribution < 1.29 is 14.0 Å². The summed E-state index contributed by atoms with van der Waals surface area (Å²) >= 11 is 1.61. The van der Waals surface area contributed by atoms with Crippen molar-refractivity contribution in [1.29, 1.82) is 0 Å². The average Bonchev–Trinajstić information content (AvgIpc) is 3.34. The molecule has 5 rings (SSSR count). The fraction of sp³-hybridized carbons (Fsp3) is 0.280. The van der Waals surface area contributed by atoms with Crippen LogP contribution in [-0.2, 0) is 16.8 Å². The lowest BCUT2D eigenvalue weighted by Crippen LogP contribution is -2.32. The first-order valence-electron chi connectivity index (χ1n) is 11.4. The van der Waals surface area contributed by atoms with Gasteiger partial charge in [-0.15, -0.1) is 0 Å². The van der Waals surface area contributed by atoms with Crippen LogP contribution in [0.25, 0.3) is 22.6 Å². The molecule has 0 unspecified atom stereocenters. The van der Waals surface area contributed by atoms with Crippen LogP contribution in [0.2, 0.25) is 0 Å². The standard InChI is InChI=1S/C25H24FN7O2S/c1-25(2)17-19(23(34)28-11-12-36-3)29-21(30-20(17)31-24(25)35)18-15-8-6-10-27-22(15)33(32-18)13-14-7-4-5-9-16(14)26/h4-10H,11-13H2,1-3H3,(H,28,34)(H,29,30,31,35). The van der Waals surface area contributed by atoms with E-state index < -0.39 is 5.41 Å². The van der Waals surface area contributed by atoms with Crippen LogP contribution < -0.4 is 10.6 Å². The molecule has 9 nitrogen and oxygen atoms in total. The van der Waals surface area contributed by atoms with Gasteiger partial charge in [-0.3, -0.25) is 9.59 Å². The van der Waals surface area contributed by atoms with E-state index in [0.29, 0.717) is 34.4 Å². The fourth-order valence-electron chi connectivity index (χ4n) is 4.21. The van der Waals surface area contributed by atoms with Crippen LogP contribution in [0.15, 0.2) is 42.6 Å². The van der Waals surface area contributed by atoms with Crippen molar-refractivity contribution in [3.8, 4) is 11.5 Å². The zero-order valence-electron chi connectivity index (χ0n) is 20.0. The Morgan fingerprint density at radius 1 is 1.19 bits per heavy atom. The highest BCUT2D eigenvalue weighted by molar-refractivity contribution is 7.98. The molecule has 0 bridgehead atoms. The number of fused-ring (bicyclic) bond motifs is 2. The van der Waals surface area contributed by atoms with Gasteiger partial charge in [-0.1, -0.05) is 18.2 Å². The topological polar surface area (TPSA) is 115 Å². The number of anilines is 1. The van der Waals surface area contributed by atoms with Crippen LogP contribution in [0, 0.1) is 5.82 Å². The summed E-state index contributed by atoms with van der Waals surface area (Å²) in [5.74, 6) is 0.197. The van der Waals surface area contributed by atoms with Gasteiger partial charge in [0.15, 0.2) is 11.5 Å². The number of pyridine rings is 1. The minimum absolute atomic E-state index is 0.125.